The van der Waals surface area contributed by atoms with E-state index in [0.29, 0.717) is 12.1 Å². The van der Waals surface area contributed by atoms with Crippen LogP contribution in [0.1, 0.15) is 32.0 Å². The highest BCUT2D eigenvalue weighted by Crippen LogP contribution is 2.29. The zero-order chi connectivity index (χ0) is 16.6. The molecule has 3 rings (SSSR count). The fourth-order valence-corrected chi connectivity index (χ4v) is 2.71. The first-order chi connectivity index (χ1) is 10.9. The molecule has 0 radical (unpaired) electrons. The maximum absolute atomic E-state index is 9.17. The summed E-state index contributed by atoms with van der Waals surface area (Å²) in [6, 6.07) is 14.3. The van der Waals surface area contributed by atoms with Gasteiger partial charge in [-0.3, -0.25) is 0 Å². The number of hydrogen-bond acceptors (Lipinski definition) is 3. The van der Waals surface area contributed by atoms with Crippen LogP contribution in [0, 0.1) is 11.3 Å². The number of pyridine rings is 1. The Morgan fingerprint density at radius 2 is 1.83 bits per heavy atom. The third-order valence-corrected chi connectivity index (χ3v) is 4.01. The van der Waals surface area contributed by atoms with E-state index in [1.807, 2.05) is 22.7 Å². The van der Waals surface area contributed by atoms with Crippen molar-refractivity contribution in [3.05, 3.63) is 53.9 Å². The van der Waals surface area contributed by atoms with Crippen molar-refractivity contribution < 1.29 is 0 Å². The number of nitrogens with zero attached hydrogens (tertiary/aromatic N) is 3. The molecule has 0 fully saturated rings. The van der Waals surface area contributed by atoms with Crippen LogP contribution >= 0.6 is 0 Å². The molecule has 0 spiro atoms. The molecule has 0 amide bonds. The first-order valence-corrected chi connectivity index (χ1v) is 7.64. The maximum Gasteiger partial charge on any atom is 0.137 e. The van der Waals surface area contributed by atoms with Crippen LogP contribution in [0.25, 0.3) is 16.9 Å². The summed E-state index contributed by atoms with van der Waals surface area (Å²) in [5.41, 5.74) is 11.5. The lowest BCUT2D eigenvalue weighted by molar-refractivity contribution is 0.590. The molecule has 0 unspecified atom stereocenters. The Morgan fingerprint density at radius 1 is 1.13 bits per heavy atom. The lowest BCUT2D eigenvalue weighted by atomic mass is 9.86. The molecule has 2 aromatic heterocycles. The van der Waals surface area contributed by atoms with Crippen LogP contribution in [0.5, 0.6) is 0 Å². The highest BCUT2D eigenvalue weighted by Gasteiger charge is 2.16. The van der Waals surface area contributed by atoms with Crippen LogP contribution in [0.2, 0.25) is 0 Å². The van der Waals surface area contributed by atoms with Gasteiger partial charge in [-0.05, 0) is 23.1 Å². The molecule has 0 atom stereocenters. The van der Waals surface area contributed by atoms with Gasteiger partial charge in [0.15, 0.2) is 0 Å². The molecule has 116 valence electrons. The predicted molar refractivity (Wildman–Crippen MR) is 93.1 cm³/mol. The molecule has 2 heterocycles. The van der Waals surface area contributed by atoms with Gasteiger partial charge in [-0.2, -0.15) is 5.26 Å². The average Bonchev–Trinajstić information content (AvgIpc) is 2.85. The van der Waals surface area contributed by atoms with E-state index in [1.165, 1.54) is 5.56 Å². The Balaban J connectivity index is 2.16. The van der Waals surface area contributed by atoms with Gasteiger partial charge < -0.3 is 10.1 Å². The zero-order valence-corrected chi connectivity index (χ0v) is 13.7. The second-order valence-electron chi connectivity index (χ2n) is 6.76. The van der Waals surface area contributed by atoms with Gasteiger partial charge in [-0.25, -0.2) is 4.98 Å². The number of anilines is 1. The smallest absolute Gasteiger partial charge is 0.137 e. The summed E-state index contributed by atoms with van der Waals surface area (Å²) in [5, 5.41) is 9.17. The third kappa shape index (κ3) is 2.78. The van der Waals surface area contributed by atoms with Gasteiger partial charge in [0.05, 0.1) is 23.9 Å². The minimum Gasteiger partial charge on any atom is -0.398 e. The number of benzene rings is 1. The van der Waals surface area contributed by atoms with E-state index in [0.717, 1.165) is 22.6 Å². The molecule has 0 aliphatic heterocycles. The molecule has 23 heavy (non-hydrogen) atoms. The standard InChI is InChI=1S/C19H20N4/c1-19(2,3)14-6-4-13(5-7-14)18-16(10-11-20)23-12-15(21)8-9-17(23)22-18/h4-9,12H,10,21H2,1-3H3. The lowest BCUT2D eigenvalue weighted by Crippen LogP contribution is -2.10. The molecule has 0 aliphatic carbocycles. The molecular formula is C19H20N4. The molecule has 0 aliphatic rings. The summed E-state index contributed by atoms with van der Waals surface area (Å²) in [6.07, 6.45) is 2.11. The van der Waals surface area contributed by atoms with E-state index < -0.39 is 0 Å². The Labute approximate surface area is 136 Å². The number of fused-ring (bicyclic) bond motifs is 1. The van der Waals surface area contributed by atoms with Crippen LogP contribution in [-0.2, 0) is 11.8 Å². The summed E-state index contributed by atoms with van der Waals surface area (Å²) < 4.78 is 1.91. The van der Waals surface area contributed by atoms with E-state index in [4.69, 9.17) is 16.0 Å². The van der Waals surface area contributed by atoms with Gasteiger partial charge in [0.2, 0.25) is 0 Å². The Morgan fingerprint density at radius 3 is 2.43 bits per heavy atom. The number of nitriles is 1. The Bertz CT molecular complexity index is 890. The van der Waals surface area contributed by atoms with E-state index in [-0.39, 0.29) is 5.41 Å². The minimum atomic E-state index is 0.112. The molecular weight excluding hydrogens is 284 g/mol. The number of aromatic nitrogens is 2. The van der Waals surface area contributed by atoms with Crippen molar-refractivity contribution in [3.8, 4) is 17.3 Å². The van der Waals surface area contributed by atoms with Gasteiger partial charge in [-0.15, -0.1) is 0 Å². The third-order valence-electron chi connectivity index (χ3n) is 4.01. The van der Waals surface area contributed by atoms with Gasteiger partial charge in [-0.1, -0.05) is 45.0 Å². The molecule has 3 aromatic rings. The van der Waals surface area contributed by atoms with Crippen LogP contribution in [0.4, 0.5) is 5.69 Å². The normalized spacial score (nSPS) is 11.6. The van der Waals surface area contributed by atoms with Crippen molar-refractivity contribution in [1.29, 1.82) is 5.26 Å². The van der Waals surface area contributed by atoms with Crippen molar-refractivity contribution >= 4 is 11.3 Å². The fourth-order valence-electron chi connectivity index (χ4n) is 2.71. The van der Waals surface area contributed by atoms with Crippen molar-refractivity contribution in [2.75, 3.05) is 5.73 Å². The monoisotopic (exact) mass is 304 g/mol. The highest BCUT2D eigenvalue weighted by atomic mass is 15.0. The second-order valence-corrected chi connectivity index (χ2v) is 6.76. The summed E-state index contributed by atoms with van der Waals surface area (Å²) in [6.45, 7) is 6.57. The molecule has 0 saturated carbocycles. The first kappa shape index (κ1) is 15.1. The van der Waals surface area contributed by atoms with E-state index in [1.54, 1.807) is 0 Å². The summed E-state index contributed by atoms with van der Waals surface area (Å²) in [5.74, 6) is 0. The Kier molecular flexibility index (Phi) is 3.57. The predicted octanol–water partition coefficient (Wildman–Crippen LogP) is 3.95. The molecule has 0 saturated heterocycles. The van der Waals surface area contributed by atoms with Crippen LogP contribution in [0.3, 0.4) is 0 Å². The largest absolute Gasteiger partial charge is 0.398 e. The van der Waals surface area contributed by atoms with Crippen LogP contribution in [-0.4, -0.2) is 9.38 Å². The molecule has 2 N–H and O–H groups in total. The summed E-state index contributed by atoms with van der Waals surface area (Å²) in [7, 11) is 0. The van der Waals surface area contributed by atoms with E-state index in [2.05, 4.69) is 51.1 Å². The second kappa shape index (κ2) is 5.44. The number of hydrogen-bond donors (Lipinski definition) is 1. The van der Waals surface area contributed by atoms with Crippen LogP contribution < -0.4 is 5.73 Å². The first-order valence-electron chi connectivity index (χ1n) is 7.64. The quantitative estimate of drug-likeness (QED) is 0.779. The molecule has 4 nitrogen and oxygen atoms in total. The van der Waals surface area contributed by atoms with Crippen molar-refractivity contribution in [1.82, 2.24) is 9.38 Å². The lowest BCUT2D eigenvalue weighted by Gasteiger charge is -2.19. The zero-order valence-electron chi connectivity index (χ0n) is 13.7. The summed E-state index contributed by atoms with van der Waals surface area (Å²) >= 11 is 0. The van der Waals surface area contributed by atoms with Gasteiger partial charge in [0, 0.05) is 17.4 Å². The van der Waals surface area contributed by atoms with Crippen LogP contribution in [0.15, 0.2) is 42.6 Å². The van der Waals surface area contributed by atoms with Crippen molar-refractivity contribution in [2.24, 2.45) is 0 Å². The molecule has 0 bridgehead atoms. The summed E-state index contributed by atoms with van der Waals surface area (Å²) in [4.78, 5) is 4.69. The van der Waals surface area contributed by atoms with Gasteiger partial charge >= 0.3 is 0 Å². The topological polar surface area (TPSA) is 67.1 Å². The fraction of sp³-hybridized carbons (Fsp3) is 0.263. The molecule has 4 heteroatoms. The Hall–Kier alpha value is -2.80. The van der Waals surface area contributed by atoms with E-state index in [9.17, 15) is 0 Å². The van der Waals surface area contributed by atoms with Crippen molar-refractivity contribution in [3.63, 3.8) is 0 Å². The average molecular weight is 304 g/mol. The van der Waals surface area contributed by atoms with E-state index >= 15 is 0 Å². The molecule has 1 aromatic carbocycles. The maximum atomic E-state index is 9.17. The number of nitrogen functional groups attached to an aromatic ring is 1. The number of nitrogens with two attached hydrogens (primary N) is 1. The highest BCUT2D eigenvalue weighted by molar-refractivity contribution is 5.68. The SMILES string of the molecule is CC(C)(C)c1ccc(-c2nc3ccc(N)cn3c2CC#N)cc1. The van der Waals surface area contributed by atoms with Gasteiger partial charge in [0.1, 0.15) is 5.65 Å². The number of rotatable bonds is 2. The number of imidazole rings is 1. The minimum absolute atomic E-state index is 0.112. The van der Waals surface area contributed by atoms with Crippen molar-refractivity contribution in [2.45, 2.75) is 32.6 Å². The van der Waals surface area contributed by atoms with Gasteiger partial charge in [0.25, 0.3) is 0 Å².